The van der Waals surface area contributed by atoms with Crippen LogP contribution >= 0.6 is 0 Å². The fraction of sp³-hybridized carbons (Fsp3) is 0.200. The van der Waals surface area contributed by atoms with Crippen molar-refractivity contribution in [3.8, 4) is 11.8 Å². The van der Waals surface area contributed by atoms with E-state index in [1.807, 2.05) is 0 Å². The third-order valence-electron chi connectivity index (χ3n) is 1.98. The molecule has 0 bridgehead atoms. The van der Waals surface area contributed by atoms with Gasteiger partial charge in [0.25, 0.3) is 0 Å². The summed E-state index contributed by atoms with van der Waals surface area (Å²) in [5, 5.41) is 19.4. The Morgan fingerprint density at radius 1 is 1.62 bits per heavy atom. The van der Waals surface area contributed by atoms with Gasteiger partial charge in [-0.3, -0.25) is 14.9 Å². The Kier molecular flexibility index (Phi) is 3.56. The zero-order valence-electron chi connectivity index (χ0n) is 8.47. The van der Waals surface area contributed by atoms with Crippen molar-refractivity contribution in [3.05, 3.63) is 33.4 Å². The number of nitro groups is 1. The zero-order chi connectivity index (χ0) is 12.1. The van der Waals surface area contributed by atoms with Crippen LogP contribution in [0.2, 0.25) is 0 Å². The van der Waals surface area contributed by atoms with Crippen LogP contribution in [0.15, 0.2) is 12.1 Å². The summed E-state index contributed by atoms with van der Waals surface area (Å²) in [6, 6.07) is 4.39. The maximum atomic E-state index is 10.8. The molecule has 6 nitrogen and oxygen atoms in total. The fourth-order valence-electron chi connectivity index (χ4n) is 1.34. The van der Waals surface area contributed by atoms with Gasteiger partial charge in [-0.05, 0) is 12.1 Å². The van der Waals surface area contributed by atoms with Gasteiger partial charge in [-0.1, -0.05) is 0 Å². The van der Waals surface area contributed by atoms with E-state index in [-0.39, 0.29) is 29.0 Å². The van der Waals surface area contributed by atoms with Crippen molar-refractivity contribution >= 4 is 12.0 Å². The van der Waals surface area contributed by atoms with E-state index in [0.29, 0.717) is 6.29 Å². The molecule has 0 aliphatic heterocycles. The molecule has 0 aliphatic rings. The van der Waals surface area contributed by atoms with Crippen molar-refractivity contribution in [1.29, 1.82) is 5.26 Å². The van der Waals surface area contributed by atoms with E-state index in [1.54, 1.807) is 6.07 Å². The first-order valence-electron chi connectivity index (χ1n) is 4.31. The number of ether oxygens (including phenoxy) is 1. The van der Waals surface area contributed by atoms with Crippen LogP contribution in [0.3, 0.4) is 0 Å². The number of aldehydes is 1. The second-order valence-corrected chi connectivity index (χ2v) is 2.94. The van der Waals surface area contributed by atoms with E-state index in [0.717, 1.165) is 0 Å². The molecule has 16 heavy (non-hydrogen) atoms. The number of nitrogens with zero attached hydrogens (tertiary/aromatic N) is 2. The molecule has 0 amide bonds. The third-order valence-corrected chi connectivity index (χ3v) is 1.98. The number of rotatable bonds is 4. The van der Waals surface area contributed by atoms with Crippen molar-refractivity contribution in [3.63, 3.8) is 0 Å². The Bertz CT molecular complexity index is 476. The number of hydrogen-bond acceptors (Lipinski definition) is 5. The zero-order valence-corrected chi connectivity index (χ0v) is 8.47. The van der Waals surface area contributed by atoms with Crippen LogP contribution in [0, 0.1) is 21.4 Å². The van der Waals surface area contributed by atoms with Crippen LogP contribution in [0.1, 0.15) is 15.9 Å². The predicted octanol–water partition coefficient (Wildman–Crippen LogP) is 1.48. The Labute approximate surface area is 91.2 Å². The first-order chi connectivity index (χ1) is 7.63. The highest BCUT2D eigenvalue weighted by Crippen LogP contribution is 2.32. The van der Waals surface area contributed by atoms with Gasteiger partial charge in [0.05, 0.1) is 24.5 Å². The molecular weight excluding hydrogens is 212 g/mol. The summed E-state index contributed by atoms with van der Waals surface area (Å²) in [6.45, 7) is 0. The Morgan fingerprint density at radius 2 is 2.31 bits per heavy atom. The molecule has 0 unspecified atom stereocenters. The summed E-state index contributed by atoms with van der Waals surface area (Å²) in [5.74, 6) is -0.0140. The molecule has 0 heterocycles. The van der Waals surface area contributed by atoms with E-state index in [9.17, 15) is 14.9 Å². The quantitative estimate of drug-likeness (QED) is 0.435. The molecule has 1 aromatic carbocycles. The molecule has 1 aromatic rings. The van der Waals surface area contributed by atoms with Crippen LogP contribution in [-0.2, 0) is 6.42 Å². The minimum atomic E-state index is -0.625. The lowest BCUT2D eigenvalue weighted by Crippen LogP contribution is -2.00. The highest BCUT2D eigenvalue weighted by atomic mass is 16.6. The highest BCUT2D eigenvalue weighted by Gasteiger charge is 2.21. The number of nitriles is 1. The number of hydrogen-bond donors (Lipinski definition) is 0. The van der Waals surface area contributed by atoms with Crippen LogP contribution < -0.4 is 4.74 Å². The summed E-state index contributed by atoms with van der Waals surface area (Å²) in [4.78, 5) is 20.8. The lowest BCUT2D eigenvalue weighted by molar-refractivity contribution is -0.386. The standard InChI is InChI=1S/C10H8N2O4/c1-16-9-5-7(6-13)4-8(2-3-11)10(9)12(14)15/h4-6H,2H2,1H3. The Morgan fingerprint density at radius 3 is 2.75 bits per heavy atom. The summed E-state index contributed by atoms with van der Waals surface area (Å²) < 4.78 is 4.83. The molecule has 1 rings (SSSR count). The van der Waals surface area contributed by atoms with Crippen LogP contribution in [0.5, 0.6) is 5.75 Å². The summed E-state index contributed by atoms with van der Waals surface area (Å²) in [7, 11) is 1.27. The summed E-state index contributed by atoms with van der Waals surface area (Å²) in [6.07, 6.45) is 0.404. The lowest BCUT2D eigenvalue weighted by atomic mass is 10.1. The molecule has 0 N–H and O–H groups in total. The van der Waals surface area contributed by atoms with Crippen molar-refractivity contribution in [2.45, 2.75) is 6.42 Å². The van der Waals surface area contributed by atoms with Gasteiger partial charge in [0, 0.05) is 11.1 Å². The SMILES string of the molecule is COc1cc(C=O)cc(CC#N)c1[N+](=O)[O-]. The van der Waals surface area contributed by atoms with Crippen molar-refractivity contribution in [2.24, 2.45) is 0 Å². The normalized spacial score (nSPS) is 9.25. The van der Waals surface area contributed by atoms with Gasteiger partial charge >= 0.3 is 5.69 Å². The first kappa shape index (κ1) is 11.7. The second-order valence-electron chi connectivity index (χ2n) is 2.94. The maximum absolute atomic E-state index is 10.8. The number of nitro benzene ring substituents is 1. The van der Waals surface area contributed by atoms with Gasteiger partial charge in [0.2, 0.25) is 0 Å². The molecule has 0 fully saturated rings. The van der Waals surface area contributed by atoms with Crippen molar-refractivity contribution in [2.75, 3.05) is 7.11 Å². The first-order valence-corrected chi connectivity index (χ1v) is 4.31. The van der Waals surface area contributed by atoms with Crippen molar-refractivity contribution in [1.82, 2.24) is 0 Å². The van der Waals surface area contributed by atoms with E-state index in [2.05, 4.69) is 0 Å². The lowest BCUT2D eigenvalue weighted by Gasteiger charge is -2.05. The van der Waals surface area contributed by atoms with E-state index in [4.69, 9.17) is 10.00 Å². The molecule has 0 saturated heterocycles. The number of methoxy groups -OCH3 is 1. The minimum Gasteiger partial charge on any atom is -0.490 e. The average molecular weight is 220 g/mol. The Balaban J connectivity index is 3.47. The van der Waals surface area contributed by atoms with Gasteiger partial charge < -0.3 is 4.74 Å². The topological polar surface area (TPSA) is 93.2 Å². The van der Waals surface area contributed by atoms with Gasteiger partial charge in [-0.15, -0.1) is 0 Å². The molecule has 0 spiro atoms. The predicted molar refractivity (Wildman–Crippen MR) is 54.4 cm³/mol. The molecule has 0 saturated carbocycles. The van der Waals surface area contributed by atoms with Gasteiger partial charge in [0.1, 0.15) is 6.29 Å². The number of carbonyl (C=O) groups excluding carboxylic acids is 1. The van der Waals surface area contributed by atoms with Gasteiger partial charge in [-0.25, -0.2) is 0 Å². The molecule has 0 aromatic heterocycles. The summed E-state index contributed by atoms with van der Waals surface area (Å²) >= 11 is 0. The third kappa shape index (κ3) is 2.15. The molecule has 6 heteroatoms. The van der Waals surface area contributed by atoms with Crippen LogP contribution in [0.25, 0.3) is 0 Å². The monoisotopic (exact) mass is 220 g/mol. The largest absolute Gasteiger partial charge is 0.490 e. The molecule has 0 atom stereocenters. The molecule has 0 radical (unpaired) electrons. The number of benzene rings is 1. The van der Waals surface area contributed by atoms with E-state index < -0.39 is 4.92 Å². The molecular formula is C10H8N2O4. The van der Waals surface area contributed by atoms with Crippen LogP contribution in [0.4, 0.5) is 5.69 Å². The van der Waals surface area contributed by atoms with E-state index in [1.165, 1.54) is 19.2 Å². The average Bonchev–Trinajstić information content (AvgIpc) is 2.27. The highest BCUT2D eigenvalue weighted by molar-refractivity contribution is 5.78. The second kappa shape index (κ2) is 4.89. The molecule has 82 valence electrons. The maximum Gasteiger partial charge on any atom is 0.315 e. The summed E-state index contributed by atoms with van der Waals surface area (Å²) in [5.41, 5.74) is 0.149. The van der Waals surface area contributed by atoms with Crippen LogP contribution in [-0.4, -0.2) is 18.3 Å². The molecule has 0 aliphatic carbocycles. The van der Waals surface area contributed by atoms with Crippen molar-refractivity contribution < 1.29 is 14.5 Å². The smallest absolute Gasteiger partial charge is 0.315 e. The van der Waals surface area contributed by atoms with Gasteiger partial charge in [-0.2, -0.15) is 5.26 Å². The van der Waals surface area contributed by atoms with E-state index >= 15 is 0 Å². The Hall–Kier alpha value is -2.42. The minimum absolute atomic E-state index is 0.0140. The fourth-order valence-corrected chi connectivity index (χ4v) is 1.34. The number of carbonyl (C=O) groups is 1. The van der Waals surface area contributed by atoms with Gasteiger partial charge in [0.15, 0.2) is 5.75 Å².